The Morgan fingerprint density at radius 3 is 2.59 bits per heavy atom. The number of benzene rings is 2. The molecular formula is C20H24N2O6S. The van der Waals surface area contributed by atoms with Crippen LogP contribution < -0.4 is 24.2 Å². The molecule has 0 saturated heterocycles. The summed E-state index contributed by atoms with van der Waals surface area (Å²) in [7, 11) is -3.69. The normalized spacial score (nSPS) is 15.6. The van der Waals surface area contributed by atoms with Crippen LogP contribution in [0.15, 0.2) is 53.4 Å². The number of amides is 1. The molecule has 156 valence electrons. The van der Waals surface area contributed by atoms with Gasteiger partial charge in [0.15, 0.2) is 11.5 Å². The van der Waals surface area contributed by atoms with Gasteiger partial charge in [-0.1, -0.05) is 12.1 Å². The second-order valence-corrected chi connectivity index (χ2v) is 8.12. The Morgan fingerprint density at radius 2 is 1.86 bits per heavy atom. The standard InChI is InChI=1S/C20H24N2O6S/c1-2-26-15-7-9-17(10-8-15)29(24,25)22-12-11-20(23)21-13-16-14-27-18-5-3-4-6-19(18)28-16/h3-10,16,22H,2,11-14H2,1H3,(H,21,23)/t16-/m1/s1. The van der Waals surface area contributed by atoms with E-state index >= 15 is 0 Å². The van der Waals surface area contributed by atoms with E-state index in [0.29, 0.717) is 30.5 Å². The minimum absolute atomic E-state index is 0.00770. The Labute approximate surface area is 170 Å². The van der Waals surface area contributed by atoms with Gasteiger partial charge in [-0.25, -0.2) is 13.1 Å². The number of ether oxygens (including phenoxy) is 3. The lowest BCUT2D eigenvalue weighted by Crippen LogP contribution is -2.41. The van der Waals surface area contributed by atoms with Crippen molar-refractivity contribution in [3.8, 4) is 17.2 Å². The number of para-hydroxylation sites is 2. The zero-order valence-corrected chi connectivity index (χ0v) is 16.9. The van der Waals surface area contributed by atoms with Gasteiger partial charge in [0.25, 0.3) is 0 Å². The van der Waals surface area contributed by atoms with Crippen molar-refractivity contribution in [1.29, 1.82) is 0 Å². The van der Waals surface area contributed by atoms with Crippen LogP contribution in [0.3, 0.4) is 0 Å². The maximum absolute atomic E-state index is 12.3. The fourth-order valence-electron chi connectivity index (χ4n) is 2.74. The first-order chi connectivity index (χ1) is 14.0. The largest absolute Gasteiger partial charge is 0.494 e. The fourth-order valence-corrected chi connectivity index (χ4v) is 3.78. The topological polar surface area (TPSA) is 103 Å². The monoisotopic (exact) mass is 420 g/mol. The van der Waals surface area contributed by atoms with Crippen molar-refractivity contribution in [1.82, 2.24) is 10.0 Å². The molecule has 0 unspecified atom stereocenters. The van der Waals surface area contributed by atoms with Crippen molar-refractivity contribution in [2.24, 2.45) is 0 Å². The van der Waals surface area contributed by atoms with Gasteiger partial charge in [-0.3, -0.25) is 4.79 Å². The second-order valence-electron chi connectivity index (χ2n) is 6.35. The minimum atomic E-state index is -3.69. The van der Waals surface area contributed by atoms with Gasteiger partial charge in [-0.2, -0.15) is 0 Å². The summed E-state index contributed by atoms with van der Waals surface area (Å²) >= 11 is 0. The third kappa shape index (κ3) is 5.85. The molecule has 1 atom stereocenters. The Hall–Kier alpha value is -2.78. The number of carbonyl (C=O) groups excluding carboxylic acids is 1. The van der Waals surface area contributed by atoms with Gasteiger partial charge in [-0.05, 0) is 43.3 Å². The van der Waals surface area contributed by atoms with E-state index in [-0.39, 0.29) is 36.4 Å². The average molecular weight is 420 g/mol. The first-order valence-corrected chi connectivity index (χ1v) is 10.8. The zero-order valence-electron chi connectivity index (χ0n) is 16.1. The Morgan fingerprint density at radius 1 is 1.14 bits per heavy atom. The highest BCUT2D eigenvalue weighted by Gasteiger charge is 2.21. The maximum atomic E-state index is 12.3. The molecule has 0 aliphatic carbocycles. The number of hydrogen-bond acceptors (Lipinski definition) is 6. The van der Waals surface area contributed by atoms with E-state index in [4.69, 9.17) is 14.2 Å². The van der Waals surface area contributed by atoms with E-state index in [1.165, 1.54) is 12.1 Å². The van der Waals surface area contributed by atoms with Crippen molar-refractivity contribution < 1.29 is 27.4 Å². The highest BCUT2D eigenvalue weighted by atomic mass is 32.2. The number of rotatable bonds is 9. The van der Waals surface area contributed by atoms with Crippen LogP contribution in [-0.2, 0) is 14.8 Å². The van der Waals surface area contributed by atoms with Crippen LogP contribution in [0.25, 0.3) is 0 Å². The van der Waals surface area contributed by atoms with Crippen LogP contribution in [0, 0.1) is 0 Å². The summed E-state index contributed by atoms with van der Waals surface area (Å²) < 4.78 is 43.6. The molecule has 0 fully saturated rings. The summed E-state index contributed by atoms with van der Waals surface area (Å²) in [4.78, 5) is 12.1. The molecule has 8 nitrogen and oxygen atoms in total. The Bertz CT molecular complexity index is 930. The van der Waals surface area contributed by atoms with Crippen LogP contribution in [0.4, 0.5) is 0 Å². The van der Waals surface area contributed by atoms with Crippen LogP contribution in [0.5, 0.6) is 17.2 Å². The quantitative estimate of drug-likeness (QED) is 0.640. The van der Waals surface area contributed by atoms with Crippen LogP contribution in [0.1, 0.15) is 13.3 Å². The number of carbonyl (C=O) groups is 1. The van der Waals surface area contributed by atoms with Gasteiger partial charge in [0, 0.05) is 13.0 Å². The van der Waals surface area contributed by atoms with Gasteiger partial charge < -0.3 is 19.5 Å². The summed E-state index contributed by atoms with van der Waals surface area (Å²) in [6, 6.07) is 13.4. The molecule has 2 N–H and O–H groups in total. The predicted molar refractivity (Wildman–Crippen MR) is 107 cm³/mol. The lowest BCUT2D eigenvalue weighted by atomic mass is 10.2. The van der Waals surface area contributed by atoms with Gasteiger partial charge in [0.1, 0.15) is 18.5 Å². The summed E-state index contributed by atoms with van der Waals surface area (Å²) in [5.41, 5.74) is 0. The highest BCUT2D eigenvalue weighted by Crippen LogP contribution is 2.30. The highest BCUT2D eigenvalue weighted by molar-refractivity contribution is 7.89. The lowest BCUT2D eigenvalue weighted by molar-refractivity contribution is -0.121. The SMILES string of the molecule is CCOc1ccc(S(=O)(=O)NCCC(=O)NC[C@@H]2COc3ccccc3O2)cc1. The molecule has 9 heteroatoms. The van der Waals surface area contributed by atoms with Crippen molar-refractivity contribution in [2.75, 3.05) is 26.3 Å². The molecule has 3 rings (SSSR count). The minimum Gasteiger partial charge on any atom is -0.494 e. The summed E-state index contributed by atoms with van der Waals surface area (Å²) in [6.07, 6.45) is -0.283. The summed E-state index contributed by atoms with van der Waals surface area (Å²) in [5.74, 6) is 1.64. The molecule has 2 aromatic rings. The van der Waals surface area contributed by atoms with E-state index < -0.39 is 10.0 Å². The number of fused-ring (bicyclic) bond motifs is 1. The van der Waals surface area contributed by atoms with Gasteiger partial charge >= 0.3 is 0 Å². The second kappa shape index (κ2) is 9.62. The molecule has 0 bridgehead atoms. The molecule has 0 saturated carbocycles. The van der Waals surface area contributed by atoms with Gasteiger partial charge in [0.2, 0.25) is 15.9 Å². The first-order valence-electron chi connectivity index (χ1n) is 9.35. The van der Waals surface area contributed by atoms with Crippen molar-refractivity contribution in [2.45, 2.75) is 24.3 Å². The third-order valence-electron chi connectivity index (χ3n) is 4.18. The van der Waals surface area contributed by atoms with Crippen molar-refractivity contribution in [3.63, 3.8) is 0 Å². The summed E-state index contributed by atoms with van der Waals surface area (Å²) in [6.45, 7) is 2.96. The molecular weight excluding hydrogens is 396 g/mol. The van der Waals surface area contributed by atoms with E-state index in [2.05, 4.69) is 10.0 Å². The molecule has 0 aromatic heterocycles. The van der Waals surface area contributed by atoms with Crippen LogP contribution in [-0.4, -0.2) is 46.7 Å². The Kier molecular flexibility index (Phi) is 6.95. The van der Waals surface area contributed by atoms with Gasteiger partial charge in [0.05, 0.1) is 18.0 Å². The van der Waals surface area contributed by atoms with E-state index in [9.17, 15) is 13.2 Å². The Balaban J connectivity index is 1.40. The number of nitrogens with one attached hydrogen (secondary N) is 2. The smallest absolute Gasteiger partial charge is 0.240 e. The van der Waals surface area contributed by atoms with E-state index in [1.807, 2.05) is 25.1 Å². The summed E-state index contributed by atoms with van der Waals surface area (Å²) in [5, 5.41) is 2.74. The van der Waals surface area contributed by atoms with E-state index in [1.54, 1.807) is 18.2 Å². The molecule has 0 spiro atoms. The number of hydrogen-bond donors (Lipinski definition) is 2. The predicted octanol–water partition coefficient (Wildman–Crippen LogP) is 1.71. The van der Waals surface area contributed by atoms with Crippen molar-refractivity contribution >= 4 is 15.9 Å². The lowest BCUT2D eigenvalue weighted by Gasteiger charge is -2.26. The fraction of sp³-hybridized carbons (Fsp3) is 0.350. The van der Waals surface area contributed by atoms with E-state index in [0.717, 1.165) is 0 Å². The van der Waals surface area contributed by atoms with Gasteiger partial charge in [-0.15, -0.1) is 0 Å². The average Bonchev–Trinajstić information content (AvgIpc) is 2.72. The molecule has 1 aliphatic rings. The van der Waals surface area contributed by atoms with Crippen LogP contribution >= 0.6 is 0 Å². The molecule has 29 heavy (non-hydrogen) atoms. The molecule has 1 amide bonds. The molecule has 0 radical (unpaired) electrons. The zero-order chi connectivity index (χ0) is 20.7. The number of sulfonamides is 1. The maximum Gasteiger partial charge on any atom is 0.240 e. The molecule has 1 aliphatic heterocycles. The third-order valence-corrected chi connectivity index (χ3v) is 5.66. The molecule has 2 aromatic carbocycles. The van der Waals surface area contributed by atoms with Crippen molar-refractivity contribution in [3.05, 3.63) is 48.5 Å². The van der Waals surface area contributed by atoms with Crippen LogP contribution in [0.2, 0.25) is 0 Å². The molecule has 1 heterocycles. The first kappa shape index (κ1) is 20.9.